The van der Waals surface area contributed by atoms with Crippen LogP contribution in [0.15, 0.2) is 59.9 Å². The highest BCUT2D eigenvalue weighted by molar-refractivity contribution is 8.00. The molecule has 1 atom stereocenters. The number of esters is 1. The Bertz CT molecular complexity index is 1400. The normalized spacial score (nSPS) is 17.0. The van der Waals surface area contributed by atoms with E-state index < -0.39 is 29.5 Å². The first-order valence-corrected chi connectivity index (χ1v) is 14.1. The number of hydrogen-bond acceptors (Lipinski definition) is 12. The number of H-pyrrole nitrogens is 1. The van der Waals surface area contributed by atoms with E-state index >= 15 is 0 Å². The Morgan fingerprint density at radius 1 is 1.10 bits per heavy atom. The Labute approximate surface area is 242 Å². The molecular formula is C28H34N6O6S. The molecule has 2 heterocycles. The van der Waals surface area contributed by atoms with Gasteiger partial charge in [-0.15, -0.1) is 16.9 Å². The van der Waals surface area contributed by atoms with Crippen LogP contribution in [0.5, 0.6) is 0 Å². The van der Waals surface area contributed by atoms with Crippen LogP contribution in [0.4, 0.5) is 10.5 Å². The molecule has 3 N–H and O–H groups in total. The molecule has 13 heteroatoms. The van der Waals surface area contributed by atoms with E-state index in [1.165, 1.54) is 0 Å². The van der Waals surface area contributed by atoms with Crippen LogP contribution in [-0.4, -0.2) is 67.1 Å². The molecule has 0 bridgehead atoms. The van der Waals surface area contributed by atoms with Gasteiger partial charge in [-0.3, -0.25) is 0 Å². The van der Waals surface area contributed by atoms with E-state index in [0.29, 0.717) is 17.3 Å². The smallest absolute Gasteiger partial charge is 0.431 e. The highest BCUT2D eigenvalue weighted by Crippen LogP contribution is 2.44. The van der Waals surface area contributed by atoms with Gasteiger partial charge in [-0.2, -0.15) is 0 Å². The summed E-state index contributed by atoms with van der Waals surface area (Å²) in [6.45, 7) is 9.79. The van der Waals surface area contributed by atoms with Crippen molar-refractivity contribution < 1.29 is 28.9 Å². The molecule has 1 unspecified atom stereocenters. The summed E-state index contributed by atoms with van der Waals surface area (Å²) in [5.41, 5.74) is 2.30. The lowest BCUT2D eigenvalue weighted by molar-refractivity contribution is -0.149. The zero-order chi connectivity index (χ0) is 29.8. The number of aliphatic hydroxyl groups is 1. The van der Waals surface area contributed by atoms with Gasteiger partial charge in [0.25, 0.3) is 0 Å². The van der Waals surface area contributed by atoms with Crippen molar-refractivity contribution in [1.29, 1.82) is 0 Å². The predicted molar refractivity (Wildman–Crippen MR) is 154 cm³/mol. The minimum absolute atomic E-state index is 0.0997. The average Bonchev–Trinajstić information content (AvgIpc) is 3.55. The fourth-order valence-electron chi connectivity index (χ4n) is 4.50. The Balaban J connectivity index is 1.70. The van der Waals surface area contributed by atoms with Crippen molar-refractivity contribution in [3.8, 4) is 22.5 Å². The van der Waals surface area contributed by atoms with Gasteiger partial charge in [0.2, 0.25) is 6.79 Å². The molecule has 0 radical (unpaired) electrons. The Morgan fingerprint density at radius 2 is 1.78 bits per heavy atom. The number of ether oxygens (including phenoxy) is 3. The van der Waals surface area contributed by atoms with E-state index in [1.54, 1.807) is 44.4 Å². The van der Waals surface area contributed by atoms with E-state index in [4.69, 9.17) is 14.2 Å². The van der Waals surface area contributed by atoms with Crippen LogP contribution in [0.2, 0.25) is 0 Å². The number of carbonyl (C=O) groups is 2. The Kier molecular flexibility index (Phi) is 8.88. The van der Waals surface area contributed by atoms with Crippen molar-refractivity contribution in [2.24, 2.45) is 0 Å². The molecule has 0 saturated heterocycles. The van der Waals surface area contributed by atoms with Crippen molar-refractivity contribution in [3.63, 3.8) is 0 Å². The number of nitrogens with zero attached hydrogens (tertiary/aromatic N) is 4. The summed E-state index contributed by atoms with van der Waals surface area (Å²) in [6.07, 6.45) is -1.33. The summed E-state index contributed by atoms with van der Waals surface area (Å²) < 4.78 is 15.2. The lowest BCUT2D eigenvalue weighted by atomic mass is 9.99. The number of rotatable bonds is 10. The molecule has 3 aromatic rings. The van der Waals surface area contributed by atoms with E-state index in [2.05, 4.69) is 25.9 Å². The largest absolute Gasteiger partial charge is 0.511 e. The Hall–Kier alpha value is -4.10. The van der Waals surface area contributed by atoms with Crippen molar-refractivity contribution >= 4 is 29.6 Å². The predicted octanol–water partition coefficient (Wildman–Crippen LogP) is 4.41. The first kappa shape index (κ1) is 29.9. The molecule has 0 fully saturated rings. The van der Waals surface area contributed by atoms with E-state index in [9.17, 15) is 14.7 Å². The number of hydrogen-bond donors (Lipinski definition) is 3. The van der Waals surface area contributed by atoms with Crippen molar-refractivity contribution in [1.82, 2.24) is 25.9 Å². The van der Waals surface area contributed by atoms with Gasteiger partial charge in [-0.1, -0.05) is 43.3 Å². The van der Waals surface area contributed by atoms with E-state index in [0.717, 1.165) is 16.7 Å². The summed E-state index contributed by atoms with van der Waals surface area (Å²) in [7, 11) is 0. The molecule has 0 amide bonds. The summed E-state index contributed by atoms with van der Waals surface area (Å²) in [5, 5.41) is 28.6. The zero-order valence-corrected chi connectivity index (χ0v) is 24.6. The Morgan fingerprint density at radius 3 is 2.37 bits per heavy atom. The molecule has 1 aromatic heterocycles. The number of carbonyl (C=O) groups excluding carboxylic acids is 2. The lowest BCUT2D eigenvalue weighted by Crippen LogP contribution is -2.49. The number of aromatic nitrogens is 4. The van der Waals surface area contributed by atoms with Gasteiger partial charge in [0, 0.05) is 11.3 Å². The van der Waals surface area contributed by atoms with Gasteiger partial charge in [0.05, 0.1) is 11.8 Å². The number of anilines is 1. The van der Waals surface area contributed by atoms with Crippen LogP contribution < -0.4 is 10.2 Å². The maximum atomic E-state index is 13.5. The van der Waals surface area contributed by atoms with E-state index in [1.807, 2.05) is 62.4 Å². The van der Waals surface area contributed by atoms with Crippen LogP contribution in [0.1, 0.15) is 41.5 Å². The second-order valence-corrected chi connectivity index (χ2v) is 11.8. The lowest BCUT2D eigenvalue weighted by Gasteiger charge is -2.37. The third-order valence-corrected chi connectivity index (χ3v) is 7.27. The molecule has 218 valence electrons. The quantitative estimate of drug-likeness (QED) is 0.229. The van der Waals surface area contributed by atoms with Gasteiger partial charge >= 0.3 is 12.1 Å². The highest BCUT2D eigenvalue weighted by Gasteiger charge is 2.49. The van der Waals surface area contributed by atoms with Crippen molar-refractivity contribution in [2.45, 2.75) is 58.2 Å². The fourth-order valence-corrected chi connectivity index (χ4v) is 5.56. The summed E-state index contributed by atoms with van der Waals surface area (Å²) in [4.78, 5) is 26.2. The number of benzene rings is 2. The van der Waals surface area contributed by atoms with Gasteiger partial charge in [0.1, 0.15) is 5.60 Å². The molecule has 1 aliphatic rings. The van der Waals surface area contributed by atoms with Crippen LogP contribution in [0, 0.1) is 0 Å². The minimum Gasteiger partial charge on any atom is -0.431 e. The summed E-state index contributed by atoms with van der Waals surface area (Å²) in [5.74, 6) is 0.477. The second kappa shape index (κ2) is 12.2. The average molecular weight is 583 g/mol. The number of tetrazole rings is 1. The van der Waals surface area contributed by atoms with Gasteiger partial charge < -0.3 is 29.5 Å². The topological polar surface area (TPSA) is 152 Å². The molecule has 1 aliphatic heterocycles. The fraction of sp³-hybridized carbons (Fsp3) is 0.393. The van der Waals surface area contributed by atoms with E-state index in [-0.39, 0.29) is 17.5 Å². The van der Waals surface area contributed by atoms with Crippen LogP contribution >= 0.6 is 11.8 Å². The van der Waals surface area contributed by atoms with Gasteiger partial charge in [-0.05, 0) is 74.1 Å². The maximum Gasteiger partial charge on any atom is 0.511 e. The first-order valence-electron chi connectivity index (χ1n) is 13.1. The molecule has 4 rings (SSSR count). The maximum absolute atomic E-state index is 13.5. The summed E-state index contributed by atoms with van der Waals surface area (Å²) in [6, 6.07) is 15.4. The van der Waals surface area contributed by atoms with Crippen LogP contribution in [-0.2, 0) is 19.0 Å². The standard InChI is InChI=1S/C28H34N6O6S/c1-7-41-28(6)29-23(27(4,5)37)22(25(35)38-16-39-26(36)40-17(2)3)34(28)19-14-12-18(13-15-19)20-10-8-9-11-21(20)24-30-32-33-31-24/h8-15,17,29,37H,7,16H2,1-6H3,(H,30,31,32,33). The third-order valence-electron chi connectivity index (χ3n) is 6.14. The van der Waals surface area contributed by atoms with Crippen LogP contribution in [0.25, 0.3) is 22.5 Å². The second-order valence-electron chi connectivity index (χ2n) is 10.1. The number of thioether (sulfide) groups is 1. The van der Waals surface area contributed by atoms with Crippen molar-refractivity contribution in [3.05, 3.63) is 59.9 Å². The summed E-state index contributed by atoms with van der Waals surface area (Å²) >= 11 is 1.54. The molecule has 2 aromatic carbocycles. The SMILES string of the molecule is CCSC1(C)NC(C(C)(C)O)=C(C(=O)OCOC(=O)OC(C)C)N1c1ccc(-c2ccccc2-c2nnn[nH]2)cc1. The molecule has 0 saturated carbocycles. The molecule has 41 heavy (non-hydrogen) atoms. The number of nitrogens with one attached hydrogen (secondary N) is 2. The third kappa shape index (κ3) is 6.63. The molecule has 12 nitrogen and oxygen atoms in total. The van der Waals surface area contributed by atoms with Gasteiger partial charge in [-0.25, -0.2) is 14.7 Å². The van der Waals surface area contributed by atoms with Crippen molar-refractivity contribution in [2.75, 3.05) is 17.4 Å². The number of aromatic amines is 1. The molecular weight excluding hydrogens is 548 g/mol. The highest BCUT2D eigenvalue weighted by atomic mass is 32.2. The monoisotopic (exact) mass is 582 g/mol. The first-order chi connectivity index (χ1) is 19.4. The zero-order valence-electron chi connectivity index (χ0n) is 23.8. The minimum atomic E-state index is -1.42. The molecule has 0 aliphatic carbocycles. The molecule has 0 spiro atoms. The van der Waals surface area contributed by atoms with Crippen LogP contribution in [0.3, 0.4) is 0 Å². The van der Waals surface area contributed by atoms with Gasteiger partial charge in [0.15, 0.2) is 16.5 Å².